The molecule has 0 spiro atoms. The Morgan fingerprint density at radius 1 is 1.10 bits per heavy atom. The van der Waals surface area contributed by atoms with Crippen molar-refractivity contribution < 1.29 is 30.8 Å². The molecular weight excluding hydrogens is 559 g/mol. The van der Waals surface area contributed by atoms with Crippen LogP contribution in [0.25, 0.3) is 22.1 Å². The van der Waals surface area contributed by atoms with Gasteiger partial charge in [0.1, 0.15) is 11.6 Å². The Labute approximate surface area is 234 Å². The zero-order valence-corrected chi connectivity index (χ0v) is 23.1. The molecule has 0 bridgehead atoms. The number of alkyl halides is 3. The highest BCUT2D eigenvalue weighted by atomic mass is 32.2. The maximum absolute atomic E-state index is 13.4. The van der Waals surface area contributed by atoms with Gasteiger partial charge in [-0.25, -0.2) is 8.42 Å². The van der Waals surface area contributed by atoms with E-state index in [1.54, 1.807) is 44.3 Å². The van der Waals surface area contributed by atoms with E-state index in [0.717, 1.165) is 16.4 Å². The Kier molecular flexibility index (Phi) is 7.56. The molecule has 2 aromatic heterocycles. The number of aromatic nitrogens is 1. The molecule has 0 saturated carbocycles. The molecule has 41 heavy (non-hydrogen) atoms. The Bertz CT molecular complexity index is 1730. The van der Waals surface area contributed by atoms with E-state index in [9.17, 15) is 31.2 Å². The summed E-state index contributed by atoms with van der Waals surface area (Å²) in [5.74, 6) is -0.499. The van der Waals surface area contributed by atoms with Gasteiger partial charge in [-0.3, -0.25) is 9.59 Å². The van der Waals surface area contributed by atoms with Gasteiger partial charge in [0.15, 0.2) is 0 Å². The summed E-state index contributed by atoms with van der Waals surface area (Å²) in [6.07, 6.45) is -2.10. The second-order valence-electron chi connectivity index (χ2n) is 10.2. The van der Waals surface area contributed by atoms with Crippen LogP contribution in [0.5, 0.6) is 0 Å². The number of furan rings is 1. The maximum atomic E-state index is 13.4. The summed E-state index contributed by atoms with van der Waals surface area (Å²) in [5.41, 5.74) is 0.251. The molecule has 0 unspecified atom stereocenters. The van der Waals surface area contributed by atoms with Crippen LogP contribution in [-0.2, 0) is 27.5 Å². The monoisotopic (exact) mass is 587 g/mol. The Morgan fingerprint density at radius 3 is 2.46 bits per heavy atom. The van der Waals surface area contributed by atoms with Gasteiger partial charge in [0.05, 0.1) is 5.56 Å². The average molecular weight is 588 g/mol. The van der Waals surface area contributed by atoms with Crippen molar-refractivity contribution >= 4 is 26.9 Å². The minimum absolute atomic E-state index is 0.0194. The van der Waals surface area contributed by atoms with Gasteiger partial charge in [-0.05, 0) is 62.1 Å². The van der Waals surface area contributed by atoms with Crippen molar-refractivity contribution in [3.8, 4) is 11.1 Å². The van der Waals surface area contributed by atoms with Crippen LogP contribution >= 0.6 is 0 Å². The van der Waals surface area contributed by atoms with Gasteiger partial charge >= 0.3 is 6.18 Å². The Balaban J connectivity index is 1.37. The van der Waals surface area contributed by atoms with Crippen LogP contribution in [0.2, 0.25) is 0 Å². The van der Waals surface area contributed by atoms with Crippen molar-refractivity contribution in [2.75, 3.05) is 6.54 Å². The summed E-state index contributed by atoms with van der Waals surface area (Å²) in [6, 6.07) is 13.0. The van der Waals surface area contributed by atoms with Crippen LogP contribution in [0.3, 0.4) is 0 Å². The van der Waals surface area contributed by atoms with Gasteiger partial charge in [0, 0.05) is 42.3 Å². The van der Waals surface area contributed by atoms with E-state index in [-0.39, 0.29) is 35.3 Å². The number of para-hydroxylation sites is 1. The van der Waals surface area contributed by atoms with Crippen molar-refractivity contribution in [1.29, 1.82) is 0 Å². The number of hydrogen-bond donors (Lipinski definition) is 1. The molecule has 1 fully saturated rings. The first-order chi connectivity index (χ1) is 19.4. The van der Waals surface area contributed by atoms with E-state index >= 15 is 0 Å². The third-order valence-electron chi connectivity index (χ3n) is 7.12. The zero-order chi connectivity index (χ0) is 29.5. The normalized spacial score (nSPS) is 16.5. The number of carbonyl (C=O) groups excluding carboxylic acids is 1. The molecule has 8 nitrogen and oxygen atoms in total. The Hall–Kier alpha value is -3.90. The second kappa shape index (κ2) is 10.8. The number of amides is 1. The molecule has 4 aromatic rings. The number of halogens is 3. The average Bonchev–Trinajstić information content (AvgIpc) is 3.60. The predicted molar refractivity (Wildman–Crippen MR) is 146 cm³/mol. The highest BCUT2D eigenvalue weighted by Crippen LogP contribution is 2.32. The highest BCUT2D eigenvalue weighted by Gasteiger charge is 2.41. The first kappa shape index (κ1) is 28.6. The van der Waals surface area contributed by atoms with E-state index in [1.807, 2.05) is 0 Å². The van der Waals surface area contributed by atoms with Crippen molar-refractivity contribution in [3.05, 3.63) is 88.3 Å². The number of sulfonamides is 1. The van der Waals surface area contributed by atoms with Crippen LogP contribution in [0.1, 0.15) is 43.9 Å². The minimum atomic E-state index is -4.51. The summed E-state index contributed by atoms with van der Waals surface area (Å²) < 4.78 is 74.0. The molecule has 1 atom stereocenters. The first-order valence-corrected chi connectivity index (χ1v) is 14.5. The lowest BCUT2D eigenvalue weighted by atomic mass is 10.0. The molecule has 216 valence electrons. The standard InChI is InChI=1S/C29H28F3N3O5S/c1-18(2)34-17-19(14-23(28(34)37)20-9-11-22(12-10-20)29(30,31)32)16-33-27(36)24-7-5-13-35(24)41(38,39)26-15-21-6-3-4-8-25(21)40-26/h3-4,6,8-12,14-15,17-18,24H,5,7,13,16H2,1-2H3,(H,33,36)/t24-/m0/s1. The van der Waals surface area contributed by atoms with Crippen molar-refractivity contribution in [3.63, 3.8) is 0 Å². The number of benzene rings is 2. The summed E-state index contributed by atoms with van der Waals surface area (Å²) in [6.45, 7) is 3.72. The van der Waals surface area contributed by atoms with Crippen LogP contribution in [0.4, 0.5) is 13.2 Å². The summed E-state index contributed by atoms with van der Waals surface area (Å²) >= 11 is 0. The van der Waals surface area contributed by atoms with E-state index in [1.165, 1.54) is 28.8 Å². The van der Waals surface area contributed by atoms with E-state index in [4.69, 9.17) is 4.42 Å². The largest absolute Gasteiger partial charge is 0.443 e. The fraction of sp³-hybridized carbons (Fsp3) is 0.310. The molecule has 1 saturated heterocycles. The molecule has 0 radical (unpaired) electrons. The summed E-state index contributed by atoms with van der Waals surface area (Å²) in [5, 5.41) is 3.18. The minimum Gasteiger partial charge on any atom is -0.443 e. The smallest absolute Gasteiger partial charge is 0.416 e. The zero-order valence-electron chi connectivity index (χ0n) is 22.3. The second-order valence-corrected chi connectivity index (χ2v) is 12.1. The molecule has 1 amide bonds. The number of hydrogen-bond acceptors (Lipinski definition) is 5. The van der Waals surface area contributed by atoms with Crippen molar-refractivity contribution in [1.82, 2.24) is 14.2 Å². The molecule has 1 N–H and O–H groups in total. The molecule has 0 aliphatic carbocycles. The van der Waals surface area contributed by atoms with Crippen LogP contribution in [0.15, 0.2) is 81.2 Å². The summed E-state index contributed by atoms with van der Waals surface area (Å²) in [4.78, 5) is 26.3. The lowest BCUT2D eigenvalue weighted by Crippen LogP contribution is -2.45. The number of nitrogens with zero attached hydrogens (tertiary/aromatic N) is 2. The quantitative estimate of drug-likeness (QED) is 0.315. The van der Waals surface area contributed by atoms with Gasteiger partial charge in [-0.2, -0.15) is 17.5 Å². The predicted octanol–water partition coefficient (Wildman–Crippen LogP) is 5.33. The van der Waals surface area contributed by atoms with Gasteiger partial charge in [-0.1, -0.05) is 30.3 Å². The number of pyridine rings is 1. The Morgan fingerprint density at radius 2 is 1.80 bits per heavy atom. The number of rotatable bonds is 7. The number of carbonyl (C=O) groups is 1. The number of nitrogens with one attached hydrogen (secondary N) is 1. The lowest BCUT2D eigenvalue weighted by molar-refractivity contribution is -0.137. The fourth-order valence-electron chi connectivity index (χ4n) is 4.98. The first-order valence-electron chi connectivity index (χ1n) is 13.1. The van der Waals surface area contributed by atoms with Crippen LogP contribution < -0.4 is 10.9 Å². The molecule has 1 aliphatic rings. The van der Waals surface area contributed by atoms with E-state index < -0.39 is 33.7 Å². The molecule has 1 aliphatic heterocycles. The topological polar surface area (TPSA) is 102 Å². The molecule has 5 rings (SSSR count). The van der Waals surface area contributed by atoms with E-state index in [2.05, 4.69) is 5.32 Å². The maximum Gasteiger partial charge on any atom is 0.416 e. The molecule has 3 heterocycles. The van der Waals surface area contributed by atoms with Gasteiger partial charge < -0.3 is 14.3 Å². The number of fused-ring (bicyclic) bond motifs is 1. The fourth-order valence-corrected chi connectivity index (χ4v) is 6.59. The molecule has 2 aromatic carbocycles. The van der Waals surface area contributed by atoms with Gasteiger partial charge in [-0.15, -0.1) is 0 Å². The summed E-state index contributed by atoms with van der Waals surface area (Å²) in [7, 11) is -4.08. The third kappa shape index (κ3) is 5.66. The SMILES string of the molecule is CC(C)n1cc(CNC(=O)[C@@H]2CCCN2S(=O)(=O)c2cc3ccccc3o2)cc(-c2ccc(C(F)(F)F)cc2)c1=O. The van der Waals surface area contributed by atoms with Crippen molar-refractivity contribution in [2.45, 2.75) is 56.6 Å². The lowest BCUT2D eigenvalue weighted by Gasteiger charge is -2.22. The highest BCUT2D eigenvalue weighted by molar-refractivity contribution is 7.89. The molecular formula is C29H28F3N3O5S. The van der Waals surface area contributed by atoms with Gasteiger partial charge in [0.2, 0.25) is 11.0 Å². The van der Waals surface area contributed by atoms with Crippen molar-refractivity contribution in [2.24, 2.45) is 0 Å². The van der Waals surface area contributed by atoms with E-state index in [0.29, 0.717) is 34.9 Å². The molecule has 12 heteroatoms. The van der Waals surface area contributed by atoms with Gasteiger partial charge in [0.25, 0.3) is 15.6 Å². The third-order valence-corrected chi connectivity index (χ3v) is 8.88. The van der Waals surface area contributed by atoms with Crippen LogP contribution in [0, 0.1) is 0 Å². The van der Waals surface area contributed by atoms with Crippen LogP contribution in [-0.4, -0.2) is 35.8 Å².